The van der Waals surface area contributed by atoms with Crippen molar-refractivity contribution in [3.05, 3.63) is 0 Å². The van der Waals surface area contributed by atoms with Gasteiger partial charge in [-0.25, -0.2) is 0 Å². The smallest absolute Gasteiger partial charge is 0.304 e. The number of carboxylic acids is 4. The van der Waals surface area contributed by atoms with Crippen molar-refractivity contribution in [2.45, 2.75) is 38.1 Å². The van der Waals surface area contributed by atoms with Gasteiger partial charge in [-0.1, -0.05) is 0 Å². The zero-order valence-electron chi connectivity index (χ0n) is 10.6. The number of carboxylic acid groups (broad SMARTS) is 4. The molecule has 20 heavy (non-hydrogen) atoms. The minimum atomic E-state index is -1.61. The Labute approximate surface area is 114 Å². The lowest BCUT2D eigenvalue weighted by molar-refractivity contribution is -0.147. The van der Waals surface area contributed by atoms with E-state index in [-0.39, 0.29) is 6.42 Å². The summed E-state index contributed by atoms with van der Waals surface area (Å²) in [4.78, 5) is 43.0. The highest BCUT2D eigenvalue weighted by molar-refractivity contribution is 5.75. The van der Waals surface area contributed by atoms with Gasteiger partial charge in [0.2, 0.25) is 0 Å². The van der Waals surface area contributed by atoms with E-state index in [2.05, 4.69) is 0 Å². The molecule has 0 aliphatic carbocycles. The largest absolute Gasteiger partial charge is 0.481 e. The molecule has 9 nitrogen and oxygen atoms in total. The molecule has 6 N–H and O–H groups in total. The van der Waals surface area contributed by atoms with Crippen molar-refractivity contribution in [3.8, 4) is 0 Å². The quantitative estimate of drug-likeness (QED) is 0.358. The Morgan fingerprint density at radius 3 is 1.40 bits per heavy atom. The molecule has 0 amide bonds. The van der Waals surface area contributed by atoms with Gasteiger partial charge < -0.3 is 26.2 Å². The average molecular weight is 291 g/mol. The van der Waals surface area contributed by atoms with Crippen molar-refractivity contribution in [2.75, 3.05) is 0 Å². The minimum Gasteiger partial charge on any atom is -0.481 e. The molecular formula is C11H17NO8. The van der Waals surface area contributed by atoms with Gasteiger partial charge in [0.15, 0.2) is 0 Å². The topological polar surface area (TPSA) is 175 Å². The van der Waals surface area contributed by atoms with Crippen molar-refractivity contribution >= 4 is 23.9 Å². The van der Waals surface area contributed by atoms with Crippen LogP contribution in [-0.2, 0) is 19.2 Å². The van der Waals surface area contributed by atoms with Gasteiger partial charge >= 0.3 is 23.9 Å². The lowest BCUT2D eigenvalue weighted by atomic mass is 9.73. The van der Waals surface area contributed by atoms with Crippen molar-refractivity contribution in [1.82, 2.24) is 0 Å². The Bertz CT molecular complexity index is 364. The summed E-state index contributed by atoms with van der Waals surface area (Å²) in [5.74, 6) is -5.33. The Balaban J connectivity index is 5.23. The van der Waals surface area contributed by atoms with E-state index in [1.165, 1.54) is 0 Å². The molecule has 0 spiro atoms. The van der Waals surface area contributed by atoms with E-state index in [4.69, 9.17) is 26.2 Å². The predicted octanol–water partition coefficient (Wildman–Crippen LogP) is -0.411. The summed E-state index contributed by atoms with van der Waals surface area (Å²) >= 11 is 0. The zero-order chi connectivity index (χ0) is 15.9. The third-order valence-corrected chi connectivity index (χ3v) is 2.71. The molecule has 114 valence electrons. The van der Waals surface area contributed by atoms with Gasteiger partial charge in [-0.05, 0) is 6.42 Å². The molecule has 0 aromatic rings. The molecule has 0 radical (unpaired) electrons. The Morgan fingerprint density at radius 1 is 0.800 bits per heavy atom. The summed E-state index contributed by atoms with van der Waals surface area (Å²) in [6, 6.07) is -1.02. The van der Waals surface area contributed by atoms with E-state index in [0.29, 0.717) is 0 Å². The second kappa shape index (κ2) is 7.43. The molecular weight excluding hydrogens is 274 g/mol. The highest BCUT2D eigenvalue weighted by atomic mass is 16.4. The number of carbonyl (C=O) groups is 4. The van der Waals surface area contributed by atoms with E-state index in [1.54, 1.807) is 0 Å². The molecule has 9 heteroatoms. The summed E-state index contributed by atoms with van der Waals surface area (Å²) in [5, 5.41) is 35.1. The van der Waals surface area contributed by atoms with Gasteiger partial charge in [-0.3, -0.25) is 19.2 Å². The van der Waals surface area contributed by atoms with Crippen LogP contribution in [0.5, 0.6) is 0 Å². The van der Waals surface area contributed by atoms with Crippen LogP contribution in [0.25, 0.3) is 0 Å². The minimum absolute atomic E-state index is 0.315. The molecule has 0 saturated carbocycles. The van der Waals surface area contributed by atoms with Gasteiger partial charge in [-0.2, -0.15) is 0 Å². The second-order valence-corrected chi connectivity index (χ2v) is 4.77. The van der Waals surface area contributed by atoms with E-state index >= 15 is 0 Å². The SMILES string of the molecule is NC(CC(=O)O)CC(CC(=O)O)(CC(=O)O)CC(=O)O. The first kappa shape index (κ1) is 17.8. The number of hydrogen-bond donors (Lipinski definition) is 5. The van der Waals surface area contributed by atoms with Gasteiger partial charge in [0.1, 0.15) is 0 Å². The molecule has 0 aliphatic heterocycles. The Hall–Kier alpha value is -2.16. The van der Waals surface area contributed by atoms with Crippen molar-refractivity contribution in [1.29, 1.82) is 0 Å². The number of rotatable bonds is 10. The fourth-order valence-corrected chi connectivity index (χ4v) is 2.22. The van der Waals surface area contributed by atoms with E-state index < -0.39 is 61.0 Å². The molecule has 0 heterocycles. The van der Waals surface area contributed by atoms with Gasteiger partial charge in [0, 0.05) is 11.5 Å². The van der Waals surface area contributed by atoms with Gasteiger partial charge in [0.05, 0.1) is 25.7 Å². The number of aliphatic carboxylic acids is 4. The van der Waals surface area contributed by atoms with Crippen molar-refractivity contribution < 1.29 is 39.6 Å². The van der Waals surface area contributed by atoms with E-state index in [0.717, 1.165) is 0 Å². The third kappa shape index (κ3) is 7.31. The number of nitrogens with two attached hydrogens (primary N) is 1. The van der Waals surface area contributed by atoms with Gasteiger partial charge in [0.25, 0.3) is 0 Å². The molecule has 0 aliphatic rings. The first-order chi connectivity index (χ1) is 9.06. The maximum atomic E-state index is 10.8. The molecule has 0 bridgehead atoms. The lowest BCUT2D eigenvalue weighted by Crippen LogP contribution is -2.38. The van der Waals surface area contributed by atoms with E-state index in [1.807, 2.05) is 0 Å². The summed E-state index contributed by atoms with van der Waals surface area (Å²) in [5.41, 5.74) is 3.92. The van der Waals surface area contributed by atoms with Crippen LogP contribution in [-0.4, -0.2) is 50.3 Å². The van der Waals surface area contributed by atoms with Crippen LogP contribution in [0.15, 0.2) is 0 Å². The predicted molar refractivity (Wildman–Crippen MR) is 64.0 cm³/mol. The Kier molecular flexibility index (Phi) is 6.63. The fraction of sp³-hybridized carbons (Fsp3) is 0.636. The molecule has 1 atom stereocenters. The summed E-state index contributed by atoms with van der Waals surface area (Å²) in [7, 11) is 0. The first-order valence-electron chi connectivity index (χ1n) is 5.69. The maximum absolute atomic E-state index is 10.8. The highest BCUT2D eigenvalue weighted by Gasteiger charge is 2.39. The third-order valence-electron chi connectivity index (χ3n) is 2.71. The molecule has 0 aromatic heterocycles. The lowest BCUT2D eigenvalue weighted by Gasteiger charge is -2.31. The summed E-state index contributed by atoms with van der Waals surface area (Å²) < 4.78 is 0. The average Bonchev–Trinajstić information content (AvgIpc) is 2.09. The molecule has 1 unspecified atom stereocenters. The molecule has 0 aromatic carbocycles. The number of hydrogen-bond acceptors (Lipinski definition) is 5. The first-order valence-corrected chi connectivity index (χ1v) is 5.69. The van der Waals surface area contributed by atoms with Crippen LogP contribution >= 0.6 is 0 Å². The maximum Gasteiger partial charge on any atom is 0.304 e. The zero-order valence-corrected chi connectivity index (χ0v) is 10.6. The highest BCUT2D eigenvalue weighted by Crippen LogP contribution is 2.36. The van der Waals surface area contributed by atoms with Gasteiger partial charge in [-0.15, -0.1) is 0 Å². The monoisotopic (exact) mass is 291 g/mol. The summed E-state index contributed by atoms with van der Waals surface area (Å²) in [6.07, 6.45) is -2.94. The van der Waals surface area contributed by atoms with Crippen LogP contribution in [0.4, 0.5) is 0 Å². The normalized spacial score (nSPS) is 12.7. The Morgan fingerprint density at radius 2 is 1.15 bits per heavy atom. The molecule has 0 fully saturated rings. The van der Waals surface area contributed by atoms with E-state index in [9.17, 15) is 19.2 Å². The van der Waals surface area contributed by atoms with Crippen LogP contribution < -0.4 is 5.73 Å². The standard InChI is InChI=1S/C11H17NO8/c12-6(1-7(13)14)2-11(3-8(15)16,4-9(17)18)5-10(19)20/h6H,1-5,12H2,(H,13,14)(H,15,16)(H,17,18)(H,19,20). The van der Waals surface area contributed by atoms with Crippen LogP contribution in [0.1, 0.15) is 32.1 Å². The molecule has 0 saturated heterocycles. The second-order valence-electron chi connectivity index (χ2n) is 4.77. The van der Waals surface area contributed by atoms with Crippen molar-refractivity contribution in [2.24, 2.45) is 11.1 Å². The molecule has 0 rings (SSSR count). The summed E-state index contributed by atoms with van der Waals surface area (Å²) in [6.45, 7) is 0. The fourth-order valence-electron chi connectivity index (χ4n) is 2.22. The van der Waals surface area contributed by atoms with Crippen LogP contribution in [0.3, 0.4) is 0 Å². The van der Waals surface area contributed by atoms with Crippen LogP contribution in [0.2, 0.25) is 0 Å². The van der Waals surface area contributed by atoms with Crippen LogP contribution in [0, 0.1) is 5.41 Å². The van der Waals surface area contributed by atoms with Crippen molar-refractivity contribution in [3.63, 3.8) is 0 Å².